The molecule has 1 heterocycles. The third-order valence-electron chi connectivity index (χ3n) is 2.40. The number of hydrogen-bond acceptors (Lipinski definition) is 1. The fraction of sp³-hybridized carbons (Fsp3) is 0.778. The van der Waals surface area contributed by atoms with Gasteiger partial charge in [-0.05, 0) is 31.4 Å². The van der Waals surface area contributed by atoms with E-state index in [1.807, 2.05) is 0 Å². The third-order valence-corrected chi connectivity index (χ3v) is 2.40. The Balaban J connectivity index is 2.53. The highest BCUT2D eigenvalue weighted by atomic mass is 14.9. The molecule has 10 heavy (non-hydrogen) atoms. The quantitative estimate of drug-likeness (QED) is 0.542. The highest BCUT2D eigenvalue weighted by Crippen LogP contribution is 2.19. The van der Waals surface area contributed by atoms with Crippen molar-refractivity contribution in [3.05, 3.63) is 12.3 Å². The number of allylic oxidation sites excluding steroid dienone is 1. The van der Waals surface area contributed by atoms with Gasteiger partial charge in [0.2, 0.25) is 0 Å². The van der Waals surface area contributed by atoms with Crippen LogP contribution in [-0.2, 0) is 0 Å². The van der Waals surface area contributed by atoms with Crippen LogP contribution in [0.25, 0.3) is 0 Å². The smallest absolute Gasteiger partial charge is 0.0230 e. The van der Waals surface area contributed by atoms with Gasteiger partial charge in [0.05, 0.1) is 0 Å². The maximum Gasteiger partial charge on any atom is 0.0230 e. The first kappa shape index (κ1) is 7.64. The normalized spacial score (nSPS) is 40.5. The van der Waals surface area contributed by atoms with Gasteiger partial charge in [0, 0.05) is 6.04 Å². The molecule has 0 bridgehead atoms. The molecule has 0 saturated heterocycles. The van der Waals surface area contributed by atoms with Gasteiger partial charge in [-0.15, -0.1) is 0 Å². The molecule has 1 nitrogen and oxygen atoms in total. The molecule has 3 atom stereocenters. The Morgan fingerprint density at radius 3 is 2.70 bits per heavy atom. The molecule has 0 aromatic rings. The summed E-state index contributed by atoms with van der Waals surface area (Å²) in [6.07, 6.45) is 5.64. The summed E-state index contributed by atoms with van der Waals surface area (Å²) in [5, 5.41) is 3.32. The van der Waals surface area contributed by atoms with Gasteiger partial charge in [0.15, 0.2) is 0 Å². The number of rotatable bonds is 0. The molecule has 0 aromatic carbocycles. The van der Waals surface area contributed by atoms with Crippen LogP contribution in [0.1, 0.15) is 27.2 Å². The molecule has 0 saturated carbocycles. The zero-order valence-electron chi connectivity index (χ0n) is 7.09. The molecule has 0 aliphatic carbocycles. The van der Waals surface area contributed by atoms with Crippen LogP contribution >= 0.6 is 0 Å². The molecule has 0 fully saturated rings. The molecule has 1 heteroatoms. The van der Waals surface area contributed by atoms with Gasteiger partial charge in [0.1, 0.15) is 0 Å². The van der Waals surface area contributed by atoms with Crippen LogP contribution in [0.5, 0.6) is 0 Å². The summed E-state index contributed by atoms with van der Waals surface area (Å²) < 4.78 is 0. The van der Waals surface area contributed by atoms with Crippen molar-refractivity contribution in [2.24, 2.45) is 11.8 Å². The average Bonchev–Trinajstić information content (AvgIpc) is 1.96. The molecule has 0 radical (unpaired) electrons. The third kappa shape index (κ3) is 1.76. The molecule has 1 aliphatic heterocycles. The summed E-state index contributed by atoms with van der Waals surface area (Å²) in [6, 6.07) is 0.649. The van der Waals surface area contributed by atoms with E-state index in [0.717, 1.165) is 11.8 Å². The lowest BCUT2D eigenvalue weighted by atomic mass is 9.91. The van der Waals surface area contributed by atoms with E-state index in [4.69, 9.17) is 0 Å². The van der Waals surface area contributed by atoms with Gasteiger partial charge < -0.3 is 5.32 Å². The topological polar surface area (TPSA) is 12.0 Å². The van der Waals surface area contributed by atoms with Crippen molar-refractivity contribution in [1.82, 2.24) is 5.32 Å². The Hall–Kier alpha value is -0.460. The van der Waals surface area contributed by atoms with E-state index in [9.17, 15) is 0 Å². The molecule has 58 valence electrons. The number of hydrogen-bond donors (Lipinski definition) is 1. The lowest BCUT2D eigenvalue weighted by Crippen LogP contribution is -2.21. The van der Waals surface area contributed by atoms with E-state index >= 15 is 0 Å². The lowest BCUT2D eigenvalue weighted by molar-refractivity contribution is 0.397. The average molecular weight is 139 g/mol. The summed E-state index contributed by atoms with van der Waals surface area (Å²) in [7, 11) is 0. The Kier molecular flexibility index (Phi) is 2.36. The first-order valence-corrected chi connectivity index (χ1v) is 4.13. The Labute approximate surface area is 63.5 Å². The van der Waals surface area contributed by atoms with E-state index < -0.39 is 0 Å². The second kappa shape index (κ2) is 3.09. The fourth-order valence-electron chi connectivity index (χ4n) is 1.40. The maximum absolute atomic E-state index is 3.32. The fourth-order valence-corrected chi connectivity index (χ4v) is 1.40. The molecule has 1 aliphatic rings. The van der Waals surface area contributed by atoms with Gasteiger partial charge in [-0.25, -0.2) is 0 Å². The van der Waals surface area contributed by atoms with Gasteiger partial charge in [-0.1, -0.05) is 19.9 Å². The molecule has 0 amide bonds. The summed E-state index contributed by atoms with van der Waals surface area (Å²) in [6.45, 7) is 6.83. The van der Waals surface area contributed by atoms with E-state index in [2.05, 4.69) is 38.4 Å². The minimum absolute atomic E-state index is 0.649. The second-order valence-electron chi connectivity index (χ2n) is 3.50. The zero-order chi connectivity index (χ0) is 7.56. The van der Waals surface area contributed by atoms with Crippen molar-refractivity contribution < 1.29 is 0 Å². The van der Waals surface area contributed by atoms with Gasteiger partial charge in [0.25, 0.3) is 0 Å². The van der Waals surface area contributed by atoms with Crippen LogP contribution in [0.3, 0.4) is 0 Å². The Morgan fingerprint density at radius 2 is 2.00 bits per heavy atom. The first-order valence-electron chi connectivity index (χ1n) is 4.13. The largest absolute Gasteiger partial charge is 0.389 e. The van der Waals surface area contributed by atoms with Crippen molar-refractivity contribution in [3.63, 3.8) is 0 Å². The summed E-state index contributed by atoms with van der Waals surface area (Å²) in [5.74, 6) is 1.55. The standard InChI is InChI=1S/C9H17N/c1-7-4-5-10-9(3)6-8(7)2/h4-5,7-10H,6H2,1-3H3/t7?,8?,9-/m0/s1. The molecule has 1 rings (SSSR count). The van der Waals surface area contributed by atoms with E-state index in [0.29, 0.717) is 6.04 Å². The van der Waals surface area contributed by atoms with Crippen molar-refractivity contribution in [2.45, 2.75) is 33.2 Å². The van der Waals surface area contributed by atoms with Crippen molar-refractivity contribution in [1.29, 1.82) is 0 Å². The minimum Gasteiger partial charge on any atom is -0.389 e. The van der Waals surface area contributed by atoms with Crippen LogP contribution in [0.15, 0.2) is 12.3 Å². The van der Waals surface area contributed by atoms with Crippen LogP contribution in [0.2, 0.25) is 0 Å². The SMILES string of the molecule is CC1C=CN[C@@H](C)CC1C. The first-order chi connectivity index (χ1) is 4.70. The second-order valence-corrected chi connectivity index (χ2v) is 3.50. The monoisotopic (exact) mass is 139 g/mol. The van der Waals surface area contributed by atoms with Crippen LogP contribution in [0, 0.1) is 11.8 Å². The summed E-state index contributed by atoms with van der Waals surface area (Å²) in [5.41, 5.74) is 0. The molecular formula is C9H17N. The summed E-state index contributed by atoms with van der Waals surface area (Å²) >= 11 is 0. The zero-order valence-corrected chi connectivity index (χ0v) is 7.09. The van der Waals surface area contributed by atoms with Crippen LogP contribution in [-0.4, -0.2) is 6.04 Å². The predicted molar refractivity (Wildman–Crippen MR) is 44.7 cm³/mol. The van der Waals surface area contributed by atoms with Gasteiger partial charge in [-0.3, -0.25) is 0 Å². The predicted octanol–water partition coefficient (Wildman–Crippen LogP) is 2.15. The molecular weight excluding hydrogens is 122 g/mol. The highest BCUT2D eigenvalue weighted by Gasteiger charge is 2.14. The minimum atomic E-state index is 0.649. The Bertz CT molecular complexity index is 129. The van der Waals surface area contributed by atoms with Crippen molar-refractivity contribution in [3.8, 4) is 0 Å². The maximum atomic E-state index is 3.32. The molecule has 0 aromatic heterocycles. The van der Waals surface area contributed by atoms with Gasteiger partial charge >= 0.3 is 0 Å². The Morgan fingerprint density at radius 1 is 1.30 bits per heavy atom. The lowest BCUT2D eigenvalue weighted by Gasteiger charge is -2.16. The number of nitrogens with one attached hydrogen (secondary N) is 1. The van der Waals surface area contributed by atoms with E-state index in [1.165, 1.54) is 6.42 Å². The molecule has 1 N–H and O–H groups in total. The van der Waals surface area contributed by atoms with E-state index in [-0.39, 0.29) is 0 Å². The highest BCUT2D eigenvalue weighted by molar-refractivity contribution is 4.92. The summed E-state index contributed by atoms with van der Waals surface area (Å²) in [4.78, 5) is 0. The van der Waals surface area contributed by atoms with Crippen molar-refractivity contribution in [2.75, 3.05) is 0 Å². The van der Waals surface area contributed by atoms with E-state index in [1.54, 1.807) is 0 Å². The van der Waals surface area contributed by atoms with Crippen LogP contribution < -0.4 is 5.32 Å². The van der Waals surface area contributed by atoms with Gasteiger partial charge in [-0.2, -0.15) is 0 Å². The molecule has 0 spiro atoms. The van der Waals surface area contributed by atoms with Crippen molar-refractivity contribution >= 4 is 0 Å². The van der Waals surface area contributed by atoms with Crippen LogP contribution in [0.4, 0.5) is 0 Å². The molecule has 2 unspecified atom stereocenters.